The molecule has 11 nitrogen and oxygen atoms in total. The number of amides is 1. The zero-order chi connectivity index (χ0) is 15.4. The maximum absolute atomic E-state index is 13.5. The van der Waals surface area contributed by atoms with E-state index in [-0.39, 0.29) is 23.6 Å². The lowest BCUT2D eigenvalue weighted by Gasteiger charge is -2.07. The topological polar surface area (TPSA) is 165 Å². The third-order valence-corrected chi connectivity index (χ3v) is 2.48. The highest BCUT2D eigenvalue weighted by Crippen LogP contribution is 2.25. The normalized spacial score (nSPS) is 10.2. The Balaban J connectivity index is 2.27. The van der Waals surface area contributed by atoms with E-state index in [9.17, 15) is 19.3 Å². The van der Waals surface area contributed by atoms with Crippen LogP contribution in [0.25, 0.3) is 0 Å². The SMILES string of the molecule is NNc1cc(C(=O)NCc2nn[nH]n2)c([N+](=O)[O-])cc1F. The number of nitro benzene ring substituents is 1. The Hall–Kier alpha value is -3.15. The van der Waals surface area contributed by atoms with Crippen LogP contribution in [0.15, 0.2) is 12.1 Å². The zero-order valence-corrected chi connectivity index (χ0v) is 10.3. The van der Waals surface area contributed by atoms with E-state index < -0.39 is 22.3 Å². The summed E-state index contributed by atoms with van der Waals surface area (Å²) < 4.78 is 13.5. The van der Waals surface area contributed by atoms with Gasteiger partial charge in [0.15, 0.2) is 11.6 Å². The van der Waals surface area contributed by atoms with Crippen molar-refractivity contribution in [2.75, 3.05) is 5.43 Å². The van der Waals surface area contributed by atoms with Gasteiger partial charge in [0, 0.05) is 0 Å². The molecule has 1 heterocycles. The Morgan fingerprint density at radius 3 is 2.86 bits per heavy atom. The van der Waals surface area contributed by atoms with E-state index in [0.29, 0.717) is 6.07 Å². The molecule has 1 amide bonds. The van der Waals surface area contributed by atoms with Crippen LogP contribution in [0.2, 0.25) is 0 Å². The summed E-state index contributed by atoms with van der Waals surface area (Å²) in [7, 11) is 0. The number of benzene rings is 1. The number of nitrogen functional groups attached to an aromatic ring is 1. The summed E-state index contributed by atoms with van der Waals surface area (Å²) in [6.07, 6.45) is 0. The number of hydrogen-bond donors (Lipinski definition) is 4. The van der Waals surface area contributed by atoms with E-state index in [0.717, 1.165) is 6.07 Å². The van der Waals surface area contributed by atoms with Crippen LogP contribution in [0.1, 0.15) is 16.2 Å². The minimum atomic E-state index is -0.945. The molecule has 0 aliphatic carbocycles. The molecule has 0 spiro atoms. The van der Waals surface area contributed by atoms with E-state index in [4.69, 9.17) is 5.84 Å². The lowest BCUT2D eigenvalue weighted by Crippen LogP contribution is -2.25. The molecule has 0 saturated carbocycles. The second-order valence-electron chi connectivity index (χ2n) is 3.76. The number of nitrogens with one attached hydrogen (secondary N) is 3. The number of anilines is 1. The van der Waals surface area contributed by atoms with Crippen molar-refractivity contribution in [3.05, 3.63) is 39.5 Å². The summed E-state index contributed by atoms with van der Waals surface area (Å²) in [5, 5.41) is 25.9. The second-order valence-corrected chi connectivity index (χ2v) is 3.76. The average molecular weight is 296 g/mol. The fourth-order valence-electron chi connectivity index (χ4n) is 1.52. The molecule has 0 aliphatic heterocycles. The van der Waals surface area contributed by atoms with Gasteiger partial charge in [-0.05, 0) is 6.07 Å². The van der Waals surface area contributed by atoms with Crippen LogP contribution in [0.3, 0.4) is 0 Å². The van der Waals surface area contributed by atoms with Gasteiger partial charge < -0.3 is 10.7 Å². The number of nitro groups is 1. The molecule has 0 bridgehead atoms. The van der Waals surface area contributed by atoms with Gasteiger partial charge in [0.2, 0.25) is 0 Å². The van der Waals surface area contributed by atoms with E-state index in [1.54, 1.807) is 0 Å². The molecule has 0 saturated heterocycles. The Bertz CT molecular complexity index is 674. The van der Waals surface area contributed by atoms with Crippen LogP contribution in [0.4, 0.5) is 15.8 Å². The predicted octanol–water partition coefficient (Wildman–Crippen LogP) is -0.537. The molecule has 0 fully saturated rings. The fourth-order valence-corrected chi connectivity index (χ4v) is 1.52. The molecule has 1 aromatic heterocycles. The van der Waals surface area contributed by atoms with Crippen LogP contribution in [0, 0.1) is 15.9 Å². The first-order valence-electron chi connectivity index (χ1n) is 5.48. The lowest BCUT2D eigenvalue weighted by molar-refractivity contribution is -0.385. The summed E-state index contributed by atoms with van der Waals surface area (Å²) in [4.78, 5) is 22.0. The standard InChI is InChI=1S/C9H9FN8O3/c10-5-2-7(18(20)21)4(1-6(5)13-11)9(19)12-3-8-14-16-17-15-8/h1-2,13H,3,11H2,(H,12,19)(H,14,15,16,17). The maximum Gasteiger partial charge on any atom is 0.285 e. The van der Waals surface area contributed by atoms with Crippen molar-refractivity contribution in [2.45, 2.75) is 6.54 Å². The number of carbonyl (C=O) groups excluding carboxylic acids is 1. The summed E-state index contributed by atoms with van der Waals surface area (Å²) >= 11 is 0. The van der Waals surface area contributed by atoms with Crippen LogP contribution >= 0.6 is 0 Å². The number of rotatable bonds is 5. The Labute approximate surface area is 115 Å². The van der Waals surface area contributed by atoms with E-state index in [1.165, 1.54) is 0 Å². The molecule has 2 aromatic rings. The number of hydrogen-bond acceptors (Lipinski definition) is 8. The Kier molecular flexibility index (Phi) is 3.99. The maximum atomic E-state index is 13.5. The Morgan fingerprint density at radius 2 is 2.29 bits per heavy atom. The molecule has 0 radical (unpaired) electrons. The first-order valence-corrected chi connectivity index (χ1v) is 5.48. The van der Waals surface area contributed by atoms with Crippen molar-refractivity contribution in [3.8, 4) is 0 Å². The highest BCUT2D eigenvalue weighted by Gasteiger charge is 2.23. The van der Waals surface area contributed by atoms with E-state index >= 15 is 0 Å². The van der Waals surface area contributed by atoms with Crippen molar-refractivity contribution in [2.24, 2.45) is 5.84 Å². The minimum absolute atomic E-state index is 0.102. The van der Waals surface area contributed by atoms with Gasteiger partial charge in [-0.15, -0.1) is 10.2 Å². The fraction of sp³-hybridized carbons (Fsp3) is 0.111. The van der Waals surface area contributed by atoms with Crippen molar-refractivity contribution in [1.82, 2.24) is 25.9 Å². The van der Waals surface area contributed by atoms with Gasteiger partial charge in [-0.1, -0.05) is 5.21 Å². The monoisotopic (exact) mass is 296 g/mol. The summed E-state index contributed by atoms with van der Waals surface area (Å²) in [5.74, 6) is 3.51. The number of carbonyl (C=O) groups is 1. The van der Waals surface area contributed by atoms with Gasteiger partial charge in [-0.2, -0.15) is 5.21 Å². The molecular formula is C9H9FN8O3. The van der Waals surface area contributed by atoms with Crippen LogP contribution < -0.4 is 16.6 Å². The summed E-state index contributed by atoms with van der Waals surface area (Å²) in [6.45, 7) is -0.102. The molecule has 21 heavy (non-hydrogen) atoms. The number of halogens is 1. The molecular weight excluding hydrogens is 287 g/mol. The number of aromatic amines is 1. The smallest absolute Gasteiger partial charge is 0.285 e. The highest BCUT2D eigenvalue weighted by atomic mass is 19.1. The van der Waals surface area contributed by atoms with Gasteiger partial charge >= 0.3 is 0 Å². The van der Waals surface area contributed by atoms with Gasteiger partial charge in [-0.25, -0.2) is 4.39 Å². The number of tetrazole rings is 1. The minimum Gasteiger partial charge on any atom is -0.344 e. The summed E-state index contributed by atoms with van der Waals surface area (Å²) in [5.41, 5.74) is 0.732. The molecule has 12 heteroatoms. The predicted molar refractivity (Wildman–Crippen MR) is 66.2 cm³/mol. The van der Waals surface area contributed by atoms with Crippen LogP contribution in [-0.2, 0) is 6.54 Å². The van der Waals surface area contributed by atoms with Gasteiger partial charge in [0.1, 0.15) is 5.56 Å². The summed E-state index contributed by atoms with van der Waals surface area (Å²) in [6, 6.07) is 1.55. The second kappa shape index (κ2) is 5.87. The molecule has 0 unspecified atom stereocenters. The van der Waals surface area contributed by atoms with Crippen LogP contribution in [-0.4, -0.2) is 31.5 Å². The molecule has 110 valence electrons. The molecule has 1 aromatic carbocycles. The largest absolute Gasteiger partial charge is 0.344 e. The molecule has 5 N–H and O–H groups in total. The number of H-pyrrole nitrogens is 1. The quantitative estimate of drug-likeness (QED) is 0.324. The third kappa shape index (κ3) is 3.06. The van der Waals surface area contributed by atoms with Gasteiger partial charge in [0.25, 0.3) is 11.6 Å². The third-order valence-electron chi connectivity index (χ3n) is 2.48. The molecule has 2 rings (SSSR count). The lowest BCUT2D eigenvalue weighted by atomic mass is 10.1. The number of nitrogens with zero attached hydrogens (tertiary/aromatic N) is 4. The first-order chi connectivity index (χ1) is 10.0. The van der Waals surface area contributed by atoms with Crippen molar-refractivity contribution in [1.29, 1.82) is 0 Å². The van der Waals surface area contributed by atoms with E-state index in [1.807, 2.05) is 5.43 Å². The van der Waals surface area contributed by atoms with Crippen molar-refractivity contribution < 1.29 is 14.1 Å². The first kappa shape index (κ1) is 14.3. The number of nitrogens with two attached hydrogens (primary N) is 1. The Morgan fingerprint density at radius 1 is 1.52 bits per heavy atom. The number of aromatic nitrogens is 4. The average Bonchev–Trinajstić information content (AvgIpc) is 2.97. The van der Waals surface area contributed by atoms with Crippen molar-refractivity contribution >= 4 is 17.3 Å². The van der Waals surface area contributed by atoms with Crippen molar-refractivity contribution in [3.63, 3.8) is 0 Å². The number of hydrazine groups is 1. The van der Waals surface area contributed by atoms with E-state index in [2.05, 4.69) is 25.9 Å². The molecule has 0 atom stereocenters. The molecule has 0 aliphatic rings. The van der Waals surface area contributed by atoms with Gasteiger partial charge in [0.05, 0.1) is 23.2 Å². The van der Waals surface area contributed by atoms with Gasteiger partial charge in [-0.3, -0.25) is 20.8 Å². The highest BCUT2D eigenvalue weighted by molar-refractivity contribution is 5.99. The van der Waals surface area contributed by atoms with Crippen LogP contribution in [0.5, 0.6) is 0 Å². The zero-order valence-electron chi connectivity index (χ0n) is 10.3.